The number of amides is 1. The van der Waals surface area contributed by atoms with E-state index in [4.69, 9.17) is 4.74 Å². The number of benzene rings is 1. The monoisotopic (exact) mass is 340 g/mol. The van der Waals surface area contributed by atoms with Crippen LogP contribution in [0.15, 0.2) is 36.7 Å². The first-order chi connectivity index (χ1) is 12.2. The Hall–Kier alpha value is -2.63. The van der Waals surface area contributed by atoms with E-state index in [1.54, 1.807) is 13.2 Å². The first-order valence-electron chi connectivity index (χ1n) is 8.78. The van der Waals surface area contributed by atoms with E-state index in [0.717, 1.165) is 24.3 Å². The molecular formula is C19H24N4O2. The molecule has 6 nitrogen and oxygen atoms in total. The third kappa shape index (κ3) is 4.92. The van der Waals surface area contributed by atoms with Gasteiger partial charge in [0.1, 0.15) is 23.6 Å². The van der Waals surface area contributed by atoms with Crippen molar-refractivity contribution in [2.24, 2.45) is 0 Å². The molecule has 1 aliphatic carbocycles. The number of hydrogen-bond donors (Lipinski definition) is 2. The van der Waals surface area contributed by atoms with Crippen molar-refractivity contribution in [3.8, 4) is 5.75 Å². The Morgan fingerprint density at radius 1 is 1.12 bits per heavy atom. The zero-order valence-corrected chi connectivity index (χ0v) is 14.5. The number of rotatable bonds is 5. The Balaban J connectivity index is 1.66. The van der Waals surface area contributed by atoms with Crippen LogP contribution >= 0.6 is 0 Å². The average Bonchev–Trinajstić information content (AvgIpc) is 2.91. The lowest BCUT2D eigenvalue weighted by molar-refractivity contribution is 0.0928. The first-order valence-corrected chi connectivity index (χ1v) is 8.78. The summed E-state index contributed by atoms with van der Waals surface area (Å²) in [7, 11) is 1.62. The molecule has 1 fully saturated rings. The zero-order valence-electron chi connectivity index (χ0n) is 14.5. The third-order valence-corrected chi connectivity index (χ3v) is 4.43. The van der Waals surface area contributed by atoms with Crippen molar-refractivity contribution in [1.29, 1.82) is 0 Å². The van der Waals surface area contributed by atoms with Gasteiger partial charge < -0.3 is 15.4 Å². The molecule has 0 radical (unpaired) electrons. The van der Waals surface area contributed by atoms with Gasteiger partial charge in [-0.25, -0.2) is 9.97 Å². The van der Waals surface area contributed by atoms with Crippen molar-refractivity contribution in [1.82, 2.24) is 15.3 Å². The number of carbonyl (C=O) groups is 1. The van der Waals surface area contributed by atoms with Crippen LogP contribution in [0.5, 0.6) is 5.75 Å². The molecule has 0 spiro atoms. The van der Waals surface area contributed by atoms with Crippen molar-refractivity contribution >= 4 is 17.4 Å². The lowest BCUT2D eigenvalue weighted by Crippen LogP contribution is -2.34. The van der Waals surface area contributed by atoms with Crippen molar-refractivity contribution in [3.05, 3.63) is 42.4 Å². The summed E-state index contributed by atoms with van der Waals surface area (Å²) >= 11 is 0. The molecule has 0 unspecified atom stereocenters. The molecule has 6 heteroatoms. The Bertz CT molecular complexity index is 712. The molecule has 0 bridgehead atoms. The van der Waals surface area contributed by atoms with Crippen molar-refractivity contribution < 1.29 is 9.53 Å². The first kappa shape index (κ1) is 17.2. The summed E-state index contributed by atoms with van der Waals surface area (Å²) in [5.41, 5.74) is 1.22. The summed E-state index contributed by atoms with van der Waals surface area (Å²) < 4.78 is 5.21. The molecule has 2 N–H and O–H groups in total. The van der Waals surface area contributed by atoms with Gasteiger partial charge in [0, 0.05) is 23.9 Å². The largest absolute Gasteiger partial charge is 0.497 e. The van der Waals surface area contributed by atoms with Gasteiger partial charge in [0.2, 0.25) is 0 Å². The Morgan fingerprint density at radius 3 is 2.68 bits per heavy atom. The third-order valence-electron chi connectivity index (χ3n) is 4.43. The zero-order chi connectivity index (χ0) is 17.5. The van der Waals surface area contributed by atoms with Crippen LogP contribution in [0.1, 0.15) is 49.0 Å². The smallest absolute Gasteiger partial charge is 0.270 e. The Kier molecular flexibility index (Phi) is 5.82. The Labute approximate surface area is 148 Å². The number of aromatic nitrogens is 2. The number of carbonyl (C=O) groups excluding carboxylic acids is 1. The second-order valence-electron chi connectivity index (χ2n) is 6.31. The van der Waals surface area contributed by atoms with E-state index in [0.29, 0.717) is 11.5 Å². The molecule has 132 valence electrons. The fraction of sp³-hybridized carbons (Fsp3) is 0.421. The molecule has 1 heterocycles. The van der Waals surface area contributed by atoms with Crippen LogP contribution in [0.4, 0.5) is 11.5 Å². The summed E-state index contributed by atoms with van der Waals surface area (Å²) in [6.45, 7) is 0. The van der Waals surface area contributed by atoms with Crippen LogP contribution in [0.3, 0.4) is 0 Å². The number of methoxy groups -OCH3 is 1. The highest BCUT2D eigenvalue weighted by molar-refractivity contribution is 5.93. The van der Waals surface area contributed by atoms with E-state index < -0.39 is 0 Å². The average molecular weight is 340 g/mol. The predicted molar refractivity (Wildman–Crippen MR) is 97.3 cm³/mol. The topological polar surface area (TPSA) is 76.1 Å². The minimum Gasteiger partial charge on any atom is -0.497 e. The Morgan fingerprint density at radius 2 is 1.92 bits per heavy atom. The van der Waals surface area contributed by atoms with Gasteiger partial charge in [-0.3, -0.25) is 4.79 Å². The lowest BCUT2D eigenvalue weighted by atomic mass is 10.1. The maximum Gasteiger partial charge on any atom is 0.270 e. The molecule has 0 atom stereocenters. The quantitative estimate of drug-likeness (QED) is 0.812. The molecule has 1 aliphatic rings. The second-order valence-corrected chi connectivity index (χ2v) is 6.31. The molecule has 3 rings (SSSR count). The summed E-state index contributed by atoms with van der Waals surface area (Å²) in [4.78, 5) is 20.8. The number of anilines is 2. The highest BCUT2D eigenvalue weighted by atomic mass is 16.5. The minimum atomic E-state index is -0.136. The highest BCUT2D eigenvalue weighted by Crippen LogP contribution is 2.21. The maximum atomic E-state index is 12.5. The normalized spacial score (nSPS) is 15.2. The summed E-state index contributed by atoms with van der Waals surface area (Å²) in [6.07, 6.45) is 8.37. The number of ether oxygens (including phenoxy) is 1. The van der Waals surface area contributed by atoms with E-state index in [2.05, 4.69) is 20.6 Å². The molecule has 1 aromatic heterocycles. The maximum absolute atomic E-state index is 12.5. The van der Waals surface area contributed by atoms with E-state index in [9.17, 15) is 4.79 Å². The van der Waals surface area contributed by atoms with Crippen LogP contribution in [0, 0.1) is 0 Å². The summed E-state index contributed by atoms with van der Waals surface area (Å²) in [5.74, 6) is 1.20. The molecule has 0 saturated heterocycles. The fourth-order valence-corrected chi connectivity index (χ4v) is 3.08. The van der Waals surface area contributed by atoms with Crippen LogP contribution in [0.2, 0.25) is 0 Å². The van der Waals surface area contributed by atoms with Gasteiger partial charge >= 0.3 is 0 Å². The van der Waals surface area contributed by atoms with E-state index in [1.165, 1.54) is 32.0 Å². The molecule has 1 aromatic carbocycles. The molecule has 0 aliphatic heterocycles. The van der Waals surface area contributed by atoms with Crippen LogP contribution < -0.4 is 15.4 Å². The van der Waals surface area contributed by atoms with Gasteiger partial charge in [-0.2, -0.15) is 0 Å². The molecule has 1 saturated carbocycles. The lowest BCUT2D eigenvalue weighted by Gasteiger charge is -2.16. The minimum absolute atomic E-state index is 0.136. The van der Waals surface area contributed by atoms with Crippen LogP contribution in [0.25, 0.3) is 0 Å². The number of hydrogen-bond acceptors (Lipinski definition) is 5. The van der Waals surface area contributed by atoms with Gasteiger partial charge in [0.05, 0.1) is 7.11 Å². The molecule has 2 aromatic rings. The summed E-state index contributed by atoms with van der Waals surface area (Å²) in [6, 6.07) is 9.47. The SMILES string of the molecule is COc1cccc(Nc2cc(C(=O)NC3CCCCCC3)ncn2)c1. The number of nitrogens with zero attached hydrogens (tertiary/aromatic N) is 2. The molecule has 1 amide bonds. The van der Waals surface area contributed by atoms with Gasteiger partial charge in [0.25, 0.3) is 5.91 Å². The summed E-state index contributed by atoms with van der Waals surface area (Å²) in [5, 5.41) is 6.28. The van der Waals surface area contributed by atoms with Crippen molar-refractivity contribution in [2.75, 3.05) is 12.4 Å². The molecular weight excluding hydrogens is 316 g/mol. The van der Waals surface area contributed by atoms with Crippen molar-refractivity contribution in [3.63, 3.8) is 0 Å². The van der Waals surface area contributed by atoms with Gasteiger partial charge in [-0.15, -0.1) is 0 Å². The standard InChI is InChI=1S/C19H24N4O2/c1-25-16-10-6-9-15(11-16)22-18-12-17(20-13-21-18)19(24)23-14-7-4-2-3-5-8-14/h6,9-14H,2-5,7-8H2,1H3,(H,23,24)(H,20,21,22). The van der Waals surface area contributed by atoms with E-state index in [-0.39, 0.29) is 11.9 Å². The van der Waals surface area contributed by atoms with Crippen LogP contribution in [-0.2, 0) is 0 Å². The number of nitrogens with one attached hydrogen (secondary N) is 2. The van der Waals surface area contributed by atoms with Crippen LogP contribution in [-0.4, -0.2) is 29.0 Å². The highest BCUT2D eigenvalue weighted by Gasteiger charge is 2.17. The van der Waals surface area contributed by atoms with Gasteiger partial charge in [-0.05, 0) is 25.0 Å². The second kappa shape index (κ2) is 8.46. The van der Waals surface area contributed by atoms with Gasteiger partial charge in [0.15, 0.2) is 0 Å². The predicted octanol–water partition coefficient (Wildman–Crippen LogP) is 3.68. The van der Waals surface area contributed by atoms with E-state index in [1.807, 2.05) is 24.3 Å². The van der Waals surface area contributed by atoms with Gasteiger partial charge in [-0.1, -0.05) is 31.7 Å². The molecule has 25 heavy (non-hydrogen) atoms. The van der Waals surface area contributed by atoms with Crippen molar-refractivity contribution in [2.45, 2.75) is 44.6 Å². The van der Waals surface area contributed by atoms with E-state index >= 15 is 0 Å². The fourth-order valence-electron chi connectivity index (χ4n) is 3.08.